The zero-order chi connectivity index (χ0) is 27.1. The number of amides is 3. The predicted molar refractivity (Wildman–Crippen MR) is 148 cm³/mol. The van der Waals surface area contributed by atoms with E-state index in [2.05, 4.69) is 25.9 Å². The van der Waals surface area contributed by atoms with Gasteiger partial charge in [-0.25, -0.2) is 9.59 Å². The van der Waals surface area contributed by atoms with E-state index in [1.165, 1.54) is 12.2 Å². The Morgan fingerprint density at radius 1 is 1.05 bits per heavy atom. The van der Waals surface area contributed by atoms with Gasteiger partial charge < -0.3 is 25.7 Å². The lowest BCUT2D eigenvalue weighted by molar-refractivity contribution is -0.111. The Morgan fingerprint density at radius 3 is 2.55 bits per heavy atom. The summed E-state index contributed by atoms with van der Waals surface area (Å²) in [5.74, 6) is -0.991. The molecule has 38 heavy (non-hydrogen) atoms. The fourth-order valence-corrected chi connectivity index (χ4v) is 4.24. The van der Waals surface area contributed by atoms with Gasteiger partial charge in [0.25, 0.3) is 0 Å². The Bertz CT molecular complexity index is 1500. The molecule has 0 aliphatic rings. The molecule has 11 heteroatoms. The number of carbonyl (C=O) groups is 3. The van der Waals surface area contributed by atoms with E-state index >= 15 is 0 Å². The van der Waals surface area contributed by atoms with Crippen molar-refractivity contribution in [3.63, 3.8) is 0 Å². The van der Waals surface area contributed by atoms with Crippen molar-refractivity contribution >= 4 is 69.5 Å². The predicted octanol–water partition coefficient (Wildman–Crippen LogP) is 6.02. The molecule has 3 amide bonds. The van der Waals surface area contributed by atoms with Gasteiger partial charge in [0, 0.05) is 46.0 Å². The second kappa shape index (κ2) is 12.3. The van der Waals surface area contributed by atoms with E-state index in [1.807, 2.05) is 0 Å². The van der Waals surface area contributed by atoms with Crippen LogP contribution in [-0.4, -0.2) is 34.5 Å². The van der Waals surface area contributed by atoms with Gasteiger partial charge in [0.2, 0.25) is 5.91 Å². The van der Waals surface area contributed by atoms with Crippen molar-refractivity contribution in [2.45, 2.75) is 13.5 Å². The lowest BCUT2D eigenvalue weighted by atomic mass is 10.1. The smallest absolute Gasteiger partial charge is 0.355 e. The number of pyridine rings is 1. The minimum Gasteiger partial charge on any atom is -0.461 e. The number of nitrogens with zero attached hydrogens (tertiary/aromatic N) is 1. The van der Waals surface area contributed by atoms with Crippen LogP contribution in [0.5, 0.6) is 0 Å². The molecular formula is C27H23Cl2N5O4. The lowest BCUT2D eigenvalue weighted by Gasteiger charge is -2.08. The molecule has 0 unspecified atom stereocenters. The SMILES string of the molecule is CCOC(=O)c1[nH]c2cc(Cl)cc(Cl)c2c1/C=C/C(=O)Nc1ccc(CNC(=O)Nc2cccnc2)cc1. The number of urea groups is 1. The molecule has 2 heterocycles. The van der Waals surface area contributed by atoms with E-state index in [-0.39, 0.29) is 18.3 Å². The van der Waals surface area contributed by atoms with Crippen LogP contribution in [0.3, 0.4) is 0 Å². The highest BCUT2D eigenvalue weighted by atomic mass is 35.5. The van der Waals surface area contributed by atoms with Crippen molar-refractivity contribution in [1.29, 1.82) is 0 Å². The highest BCUT2D eigenvalue weighted by molar-refractivity contribution is 6.39. The van der Waals surface area contributed by atoms with Crippen molar-refractivity contribution in [2.24, 2.45) is 0 Å². The molecule has 0 saturated carbocycles. The molecule has 194 valence electrons. The summed E-state index contributed by atoms with van der Waals surface area (Å²) in [5, 5.41) is 9.49. The molecule has 4 N–H and O–H groups in total. The molecule has 0 radical (unpaired) electrons. The Labute approximate surface area is 228 Å². The normalized spacial score (nSPS) is 10.9. The zero-order valence-corrected chi connectivity index (χ0v) is 21.7. The van der Waals surface area contributed by atoms with E-state index in [9.17, 15) is 14.4 Å². The number of anilines is 2. The Kier molecular flexibility index (Phi) is 8.62. The minimum absolute atomic E-state index is 0.166. The van der Waals surface area contributed by atoms with Crippen molar-refractivity contribution < 1.29 is 19.1 Å². The Hall–Kier alpha value is -4.34. The van der Waals surface area contributed by atoms with Crippen LogP contribution in [0.4, 0.5) is 16.2 Å². The van der Waals surface area contributed by atoms with Crippen LogP contribution in [0, 0.1) is 0 Å². The van der Waals surface area contributed by atoms with Crippen LogP contribution in [0.15, 0.2) is 67.0 Å². The summed E-state index contributed by atoms with van der Waals surface area (Å²) >= 11 is 12.5. The first-order valence-corrected chi connectivity index (χ1v) is 12.3. The molecule has 0 aliphatic heterocycles. The number of ether oxygens (including phenoxy) is 1. The van der Waals surface area contributed by atoms with E-state index in [1.54, 1.807) is 67.8 Å². The van der Waals surface area contributed by atoms with E-state index in [4.69, 9.17) is 27.9 Å². The van der Waals surface area contributed by atoms with Gasteiger partial charge in [-0.1, -0.05) is 35.3 Å². The van der Waals surface area contributed by atoms with Crippen molar-refractivity contribution in [1.82, 2.24) is 15.3 Å². The number of nitrogens with one attached hydrogen (secondary N) is 4. The lowest BCUT2D eigenvalue weighted by Crippen LogP contribution is -2.28. The van der Waals surface area contributed by atoms with Crippen LogP contribution in [0.25, 0.3) is 17.0 Å². The number of fused-ring (bicyclic) bond motifs is 1. The van der Waals surface area contributed by atoms with Gasteiger partial charge in [0.1, 0.15) is 5.69 Å². The van der Waals surface area contributed by atoms with Crippen molar-refractivity contribution in [2.75, 3.05) is 17.2 Å². The number of hydrogen-bond acceptors (Lipinski definition) is 5. The maximum Gasteiger partial charge on any atom is 0.355 e. The maximum atomic E-state index is 12.6. The van der Waals surface area contributed by atoms with Crippen LogP contribution < -0.4 is 16.0 Å². The summed E-state index contributed by atoms with van der Waals surface area (Å²) in [6.45, 7) is 2.18. The molecule has 2 aromatic heterocycles. The summed E-state index contributed by atoms with van der Waals surface area (Å²) in [6.07, 6.45) is 5.97. The first-order chi connectivity index (χ1) is 18.3. The Morgan fingerprint density at radius 2 is 1.84 bits per heavy atom. The first-order valence-electron chi connectivity index (χ1n) is 11.5. The highest BCUT2D eigenvalue weighted by Gasteiger charge is 2.20. The van der Waals surface area contributed by atoms with Crippen molar-refractivity contribution in [3.8, 4) is 0 Å². The molecule has 4 rings (SSSR count). The van der Waals surface area contributed by atoms with Gasteiger partial charge in [-0.15, -0.1) is 0 Å². The molecular weight excluding hydrogens is 529 g/mol. The summed E-state index contributed by atoms with van der Waals surface area (Å²) in [7, 11) is 0. The second-order valence-corrected chi connectivity index (χ2v) is 8.86. The third kappa shape index (κ3) is 6.70. The largest absolute Gasteiger partial charge is 0.461 e. The fourth-order valence-electron chi connectivity index (χ4n) is 3.65. The number of aromatic amines is 1. The molecule has 2 aromatic carbocycles. The first kappa shape index (κ1) is 26.7. The van der Waals surface area contributed by atoms with Gasteiger partial charge in [-0.05, 0) is 55.0 Å². The molecule has 9 nitrogen and oxygen atoms in total. The van der Waals surface area contributed by atoms with Crippen LogP contribution in [0.2, 0.25) is 10.0 Å². The number of esters is 1. The molecule has 0 spiro atoms. The average Bonchev–Trinajstić information content (AvgIpc) is 3.26. The summed E-state index contributed by atoms with van der Waals surface area (Å²) in [4.78, 5) is 44.1. The van der Waals surface area contributed by atoms with Crippen LogP contribution >= 0.6 is 23.2 Å². The van der Waals surface area contributed by atoms with Crippen LogP contribution in [-0.2, 0) is 16.1 Å². The summed E-state index contributed by atoms with van der Waals surface area (Å²) in [6, 6.07) is 13.3. The third-order valence-corrected chi connectivity index (χ3v) is 5.84. The van der Waals surface area contributed by atoms with Gasteiger partial charge in [0.15, 0.2) is 0 Å². The monoisotopic (exact) mass is 551 g/mol. The number of halogens is 2. The van der Waals surface area contributed by atoms with Crippen molar-refractivity contribution in [3.05, 3.63) is 93.9 Å². The van der Waals surface area contributed by atoms with Gasteiger partial charge in [0.05, 0.1) is 23.5 Å². The zero-order valence-electron chi connectivity index (χ0n) is 20.2. The standard InChI is InChI=1S/C27H23Cl2N5O4/c1-2-38-26(36)25-20(24-21(29)12-17(28)13-22(24)34-25)9-10-23(35)32-18-7-5-16(6-8-18)14-31-27(37)33-19-4-3-11-30-15-19/h3-13,15,34H,2,14H2,1H3,(H,32,35)(H2,31,33,37)/b10-9+. The number of hydrogen-bond donors (Lipinski definition) is 4. The quantitative estimate of drug-likeness (QED) is 0.157. The molecule has 0 aliphatic carbocycles. The summed E-state index contributed by atoms with van der Waals surface area (Å²) < 4.78 is 5.13. The van der Waals surface area contributed by atoms with Gasteiger partial charge >= 0.3 is 12.0 Å². The molecule has 0 fully saturated rings. The number of rotatable bonds is 8. The number of H-pyrrole nitrogens is 1. The second-order valence-electron chi connectivity index (χ2n) is 8.01. The highest BCUT2D eigenvalue weighted by Crippen LogP contribution is 2.33. The van der Waals surface area contributed by atoms with Crippen LogP contribution in [0.1, 0.15) is 28.5 Å². The number of aromatic nitrogens is 2. The molecule has 4 aromatic rings. The Balaban J connectivity index is 1.40. The van der Waals surface area contributed by atoms with Gasteiger partial charge in [-0.3, -0.25) is 9.78 Å². The molecule has 0 saturated heterocycles. The minimum atomic E-state index is -0.575. The number of benzene rings is 2. The summed E-state index contributed by atoms with van der Waals surface area (Å²) in [5.41, 5.74) is 3.11. The maximum absolute atomic E-state index is 12.6. The molecule has 0 bridgehead atoms. The average molecular weight is 552 g/mol. The van der Waals surface area contributed by atoms with E-state index in [0.29, 0.717) is 44.4 Å². The topological polar surface area (TPSA) is 125 Å². The number of carbonyl (C=O) groups excluding carboxylic acids is 3. The van der Waals surface area contributed by atoms with E-state index < -0.39 is 11.9 Å². The fraction of sp³-hybridized carbons (Fsp3) is 0.111. The molecule has 0 atom stereocenters. The third-order valence-electron chi connectivity index (χ3n) is 5.33. The van der Waals surface area contributed by atoms with Gasteiger partial charge in [-0.2, -0.15) is 0 Å². The van der Waals surface area contributed by atoms with E-state index in [0.717, 1.165) is 5.56 Å².